The first-order valence-corrected chi connectivity index (χ1v) is 15.0. The summed E-state index contributed by atoms with van der Waals surface area (Å²) >= 11 is 0. The lowest BCUT2D eigenvalue weighted by Crippen LogP contribution is -2.48. The first kappa shape index (κ1) is 31.9. The summed E-state index contributed by atoms with van der Waals surface area (Å²) < 4.78 is 51.6. The van der Waals surface area contributed by atoms with Gasteiger partial charge in [-0.05, 0) is 80.1 Å². The number of rotatable bonds is 7. The summed E-state index contributed by atoms with van der Waals surface area (Å²) in [7, 11) is 0. The number of carbonyl (C=O) groups excluding carboxylic acids is 1. The third-order valence-electron chi connectivity index (χ3n) is 8.42. The van der Waals surface area contributed by atoms with Gasteiger partial charge in [0.05, 0.1) is 11.6 Å². The molecule has 9 heteroatoms. The number of piperidine rings is 1. The summed E-state index contributed by atoms with van der Waals surface area (Å²) in [5, 5.41) is 11.3. The monoisotopic (exact) mass is 618 g/mol. The molecular weight excluding hydrogens is 581 g/mol. The van der Waals surface area contributed by atoms with E-state index >= 15 is 13.2 Å². The average molecular weight is 619 g/mol. The van der Waals surface area contributed by atoms with E-state index in [9.17, 15) is 14.7 Å². The minimum Gasteiger partial charge on any atom is -0.478 e. The molecule has 1 fully saturated rings. The molecule has 3 atom stereocenters. The van der Waals surface area contributed by atoms with E-state index in [1.165, 1.54) is 11.0 Å². The van der Waals surface area contributed by atoms with Gasteiger partial charge in [0.15, 0.2) is 0 Å². The Morgan fingerprint density at radius 1 is 0.956 bits per heavy atom. The second-order valence-corrected chi connectivity index (χ2v) is 12.6. The van der Waals surface area contributed by atoms with E-state index in [-0.39, 0.29) is 31.2 Å². The molecule has 1 amide bonds. The Kier molecular flexibility index (Phi) is 9.09. The number of nitrogens with zero attached hydrogens (tertiary/aromatic N) is 2. The molecule has 45 heavy (non-hydrogen) atoms. The van der Waals surface area contributed by atoms with Crippen LogP contribution in [0.4, 0.5) is 23.7 Å². The zero-order chi connectivity index (χ0) is 32.5. The van der Waals surface area contributed by atoms with E-state index in [2.05, 4.69) is 0 Å². The standard InChI is InChI=1S/C36H37F3N2O4/c1-22(26-14-9-11-23-10-5-6-12-27(23)26)41(35(44)45-36(2,3)4)21-25-20-40(17-16-28(25)29-13-7-8-15-30(29)37)33-31(38)18-24(34(42)43)19-32(33)39/h5-15,18-19,22,25,28H,16-17,20-21H2,1-4H3,(H,42,43)/t22-,25?,28?/m1/s1. The largest absolute Gasteiger partial charge is 0.478 e. The summed E-state index contributed by atoms with van der Waals surface area (Å²) in [5.74, 6) is -4.68. The Bertz CT molecular complexity index is 1690. The van der Waals surface area contributed by atoms with Crippen LogP contribution in [0.2, 0.25) is 0 Å². The number of anilines is 1. The molecule has 0 aromatic heterocycles. The number of fused-ring (bicyclic) bond motifs is 1. The van der Waals surface area contributed by atoms with Crippen LogP contribution in [0.1, 0.15) is 67.6 Å². The van der Waals surface area contributed by atoms with Crippen molar-refractivity contribution in [2.24, 2.45) is 5.92 Å². The molecule has 1 heterocycles. The van der Waals surface area contributed by atoms with E-state index < -0.39 is 52.6 Å². The van der Waals surface area contributed by atoms with Crippen molar-refractivity contribution in [3.05, 3.63) is 113 Å². The fourth-order valence-corrected chi connectivity index (χ4v) is 6.34. The molecule has 0 saturated carbocycles. The molecule has 5 rings (SSSR count). The quantitative estimate of drug-likeness (QED) is 0.225. The molecule has 4 aromatic rings. The van der Waals surface area contributed by atoms with Gasteiger partial charge < -0.3 is 19.6 Å². The van der Waals surface area contributed by atoms with Crippen molar-refractivity contribution in [2.45, 2.75) is 51.7 Å². The van der Waals surface area contributed by atoms with Crippen LogP contribution in [-0.4, -0.2) is 47.3 Å². The minimum absolute atomic E-state index is 0.0841. The van der Waals surface area contributed by atoms with E-state index in [0.29, 0.717) is 12.0 Å². The highest BCUT2D eigenvalue weighted by Crippen LogP contribution is 2.40. The average Bonchev–Trinajstić information content (AvgIpc) is 2.98. The Labute approximate surface area is 261 Å². The SMILES string of the molecule is C[C@H](c1cccc2ccccc12)N(CC1CN(c2c(F)cc(C(=O)O)cc2F)CCC1c1ccccc1F)C(=O)OC(C)(C)C. The van der Waals surface area contributed by atoms with Gasteiger partial charge in [-0.3, -0.25) is 0 Å². The summed E-state index contributed by atoms with van der Waals surface area (Å²) in [6.07, 6.45) is -0.216. The predicted octanol–water partition coefficient (Wildman–Crippen LogP) is 8.56. The van der Waals surface area contributed by atoms with Crippen LogP contribution in [0.5, 0.6) is 0 Å². The highest BCUT2D eigenvalue weighted by molar-refractivity contribution is 5.88. The third-order valence-corrected chi connectivity index (χ3v) is 8.42. The number of benzene rings is 4. The molecule has 1 N–H and O–H groups in total. The zero-order valence-corrected chi connectivity index (χ0v) is 25.8. The van der Waals surface area contributed by atoms with Gasteiger partial charge in [-0.15, -0.1) is 0 Å². The maximum atomic E-state index is 15.3. The smallest absolute Gasteiger partial charge is 0.410 e. The number of carboxylic acid groups (broad SMARTS) is 1. The minimum atomic E-state index is -1.44. The van der Waals surface area contributed by atoms with Gasteiger partial charge in [0.25, 0.3) is 0 Å². The number of carboxylic acids is 1. The summed E-state index contributed by atoms with van der Waals surface area (Å²) in [6, 6.07) is 21.3. The van der Waals surface area contributed by atoms with Gasteiger partial charge in [-0.1, -0.05) is 60.7 Å². The van der Waals surface area contributed by atoms with Crippen LogP contribution in [0.3, 0.4) is 0 Å². The lowest BCUT2D eigenvalue weighted by molar-refractivity contribution is 0.0124. The predicted molar refractivity (Wildman–Crippen MR) is 168 cm³/mol. The topological polar surface area (TPSA) is 70.1 Å². The van der Waals surface area contributed by atoms with Crippen molar-refractivity contribution < 1.29 is 32.6 Å². The van der Waals surface area contributed by atoms with Crippen molar-refractivity contribution in [1.82, 2.24) is 4.90 Å². The Morgan fingerprint density at radius 2 is 1.60 bits per heavy atom. The number of carbonyl (C=O) groups is 2. The van der Waals surface area contributed by atoms with Crippen LogP contribution >= 0.6 is 0 Å². The number of ether oxygens (including phenoxy) is 1. The van der Waals surface area contributed by atoms with Crippen molar-refractivity contribution in [2.75, 3.05) is 24.5 Å². The van der Waals surface area contributed by atoms with E-state index in [4.69, 9.17) is 4.74 Å². The Balaban J connectivity index is 1.57. The number of amides is 1. The fraction of sp³-hybridized carbons (Fsp3) is 0.333. The fourth-order valence-electron chi connectivity index (χ4n) is 6.34. The van der Waals surface area contributed by atoms with Gasteiger partial charge in [-0.2, -0.15) is 0 Å². The van der Waals surface area contributed by atoms with Crippen LogP contribution in [0.25, 0.3) is 10.8 Å². The molecular formula is C36H37F3N2O4. The molecule has 0 spiro atoms. The van der Waals surface area contributed by atoms with Crippen molar-refractivity contribution >= 4 is 28.5 Å². The normalized spacial score (nSPS) is 17.6. The maximum Gasteiger partial charge on any atom is 0.410 e. The molecule has 1 saturated heterocycles. The van der Waals surface area contributed by atoms with E-state index in [1.54, 1.807) is 43.9 Å². The highest BCUT2D eigenvalue weighted by Gasteiger charge is 2.38. The molecule has 2 unspecified atom stereocenters. The van der Waals surface area contributed by atoms with Gasteiger partial charge in [0, 0.05) is 25.6 Å². The zero-order valence-electron chi connectivity index (χ0n) is 25.8. The van der Waals surface area contributed by atoms with Crippen molar-refractivity contribution in [3.63, 3.8) is 0 Å². The van der Waals surface area contributed by atoms with Gasteiger partial charge >= 0.3 is 12.1 Å². The molecule has 4 aromatic carbocycles. The second-order valence-electron chi connectivity index (χ2n) is 12.6. The molecule has 0 aliphatic carbocycles. The van der Waals surface area contributed by atoms with Crippen LogP contribution in [0.15, 0.2) is 78.9 Å². The van der Waals surface area contributed by atoms with Crippen LogP contribution < -0.4 is 4.90 Å². The third kappa shape index (κ3) is 6.92. The number of halogens is 3. The van der Waals surface area contributed by atoms with Gasteiger partial charge in [-0.25, -0.2) is 22.8 Å². The van der Waals surface area contributed by atoms with Crippen molar-refractivity contribution in [1.29, 1.82) is 0 Å². The lowest BCUT2D eigenvalue weighted by Gasteiger charge is -2.43. The molecule has 6 nitrogen and oxygen atoms in total. The number of hydrogen-bond donors (Lipinski definition) is 1. The Morgan fingerprint density at radius 3 is 2.27 bits per heavy atom. The summed E-state index contributed by atoms with van der Waals surface area (Å²) in [4.78, 5) is 28.4. The van der Waals surface area contributed by atoms with Crippen LogP contribution in [-0.2, 0) is 4.74 Å². The molecule has 236 valence electrons. The van der Waals surface area contributed by atoms with E-state index in [0.717, 1.165) is 28.5 Å². The molecule has 1 aliphatic rings. The lowest BCUT2D eigenvalue weighted by atomic mass is 9.79. The number of hydrogen-bond acceptors (Lipinski definition) is 4. The highest BCUT2D eigenvalue weighted by atomic mass is 19.1. The number of aromatic carboxylic acids is 1. The first-order valence-electron chi connectivity index (χ1n) is 15.0. The summed E-state index contributed by atoms with van der Waals surface area (Å²) in [5.41, 5.74) is -0.272. The van der Waals surface area contributed by atoms with Crippen molar-refractivity contribution in [3.8, 4) is 0 Å². The molecule has 0 bridgehead atoms. The van der Waals surface area contributed by atoms with E-state index in [1.807, 2.05) is 49.4 Å². The first-order chi connectivity index (χ1) is 21.3. The van der Waals surface area contributed by atoms with Gasteiger partial charge in [0.2, 0.25) is 0 Å². The Hall–Kier alpha value is -4.53. The summed E-state index contributed by atoms with van der Waals surface area (Å²) in [6.45, 7) is 7.63. The van der Waals surface area contributed by atoms with Gasteiger partial charge in [0.1, 0.15) is 28.7 Å². The van der Waals surface area contributed by atoms with Crippen LogP contribution in [0, 0.1) is 23.4 Å². The molecule has 1 aliphatic heterocycles. The molecule has 0 radical (unpaired) electrons. The maximum absolute atomic E-state index is 15.3. The second kappa shape index (κ2) is 12.8.